The Morgan fingerprint density at radius 3 is 2.24 bits per heavy atom. The van der Waals surface area contributed by atoms with Gasteiger partial charge in [-0.25, -0.2) is 0 Å². The number of benzene rings is 4. The van der Waals surface area contributed by atoms with Gasteiger partial charge < -0.3 is 5.73 Å². The van der Waals surface area contributed by atoms with E-state index in [1.54, 1.807) is 36.5 Å². The first-order valence-electron chi connectivity index (χ1n) is 11.2. The fraction of sp³-hybridized carbons (Fsp3) is 0.0357. The number of nitrogens with two attached hydrogens (primary N) is 1. The van der Waals surface area contributed by atoms with Crippen molar-refractivity contribution in [2.45, 2.75) is 11.8 Å². The van der Waals surface area contributed by atoms with Gasteiger partial charge in [0.15, 0.2) is 0 Å². The number of nitrogens with zero attached hydrogens (tertiary/aromatic N) is 3. The Labute approximate surface area is 247 Å². The summed E-state index contributed by atoms with van der Waals surface area (Å²) in [5.41, 5.74) is 11.9. The van der Waals surface area contributed by atoms with Crippen LogP contribution in [0.1, 0.15) is 5.56 Å². The molecule has 4 aromatic carbocycles. The van der Waals surface area contributed by atoms with E-state index in [1.165, 1.54) is 6.07 Å². The summed E-state index contributed by atoms with van der Waals surface area (Å²) in [4.78, 5) is 4.30. The number of pyridine rings is 1. The molecule has 0 aliphatic rings. The van der Waals surface area contributed by atoms with Crippen molar-refractivity contribution >= 4 is 79.1 Å². The van der Waals surface area contributed by atoms with E-state index in [0.717, 1.165) is 27.9 Å². The van der Waals surface area contributed by atoms with E-state index in [9.17, 15) is 13.0 Å². The molecule has 0 spiro atoms. The van der Waals surface area contributed by atoms with Crippen LogP contribution in [0.4, 0.5) is 17.1 Å². The molecule has 186 valence electrons. The van der Waals surface area contributed by atoms with E-state index < -0.39 is 10.1 Å². The molecule has 0 atom stereocenters. The van der Waals surface area contributed by atoms with Crippen LogP contribution in [0, 0.1) is 6.92 Å². The Kier molecular flexibility index (Phi) is 8.32. The van der Waals surface area contributed by atoms with Gasteiger partial charge >= 0.3 is 29.6 Å². The van der Waals surface area contributed by atoms with Crippen LogP contribution in [0.15, 0.2) is 106 Å². The average molecular weight is 553 g/mol. The van der Waals surface area contributed by atoms with Crippen LogP contribution >= 0.6 is 11.6 Å². The van der Waals surface area contributed by atoms with E-state index in [1.807, 2.05) is 43.3 Å². The molecule has 7 nitrogen and oxygen atoms in total. The first-order valence-corrected chi connectivity index (χ1v) is 13.1. The molecule has 0 bridgehead atoms. The molecule has 1 heterocycles. The molecule has 0 amide bonds. The minimum atomic E-state index is -4.50. The molecular weight excluding hydrogens is 531 g/mol. The van der Waals surface area contributed by atoms with Crippen molar-refractivity contribution in [3.05, 3.63) is 102 Å². The second kappa shape index (κ2) is 11.3. The average Bonchev–Trinajstić information content (AvgIpc) is 2.88. The molecule has 0 saturated heterocycles. The predicted octanol–water partition coefficient (Wildman–Crippen LogP) is 7.13. The van der Waals surface area contributed by atoms with Gasteiger partial charge in [0.25, 0.3) is 10.1 Å². The third-order valence-electron chi connectivity index (χ3n) is 5.93. The monoisotopic (exact) mass is 552 g/mol. The minimum absolute atomic E-state index is 0. The van der Waals surface area contributed by atoms with Crippen molar-refractivity contribution in [2.24, 2.45) is 10.2 Å². The number of aromatic nitrogens is 1. The molecule has 1 aromatic heterocycles. The summed E-state index contributed by atoms with van der Waals surface area (Å²) in [7, 11) is -4.50. The summed E-state index contributed by atoms with van der Waals surface area (Å²) < 4.78 is 33.6. The molecular formula is C28H22ClN4NaO3S. The van der Waals surface area contributed by atoms with Gasteiger partial charge in [0, 0.05) is 21.4 Å². The van der Waals surface area contributed by atoms with Gasteiger partial charge in [0.2, 0.25) is 0 Å². The third-order valence-corrected chi connectivity index (χ3v) is 7.08. The summed E-state index contributed by atoms with van der Waals surface area (Å²) in [6, 6.07) is 25.2. The summed E-state index contributed by atoms with van der Waals surface area (Å²) in [6.45, 7) is 2.02. The number of hydrogen-bond acceptors (Lipinski definition) is 6. The van der Waals surface area contributed by atoms with Crippen LogP contribution in [0.25, 0.3) is 33.2 Å². The number of rotatable bonds is 5. The number of hydrogen-bond donors (Lipinski definition) is 2. The number of fused-ring (bicyclic) bond motifs is 1. The van der Waals surface area contributed by atoms with E-state index in [0.29, 0.717) is 21.5 Å². The van der Waals surface area contributed by atoms with E-state index >= 15 is 0 Å². The molecule has 0 unspecified atom stereocenters. The molecule has 10 heteroatoms. The van der Waals surface area contributed by atoms with Crippen LogP contribution in [-0.2, 0) is 10.1 Å². The third kappa shape index (κ3) is 5.81. The Balaban J connectivity index is 0.00000336. The molecule has 0 aliphatic heterocycles. The van der Waals surface area contributed by atoms with Crippen LogP contribution in [0.3, 0.4) is 0 Å². The van der Waals surface area contributed by atoms with E-state index in [-0.39, 0.29) is 45.8 Å². The fourth-order valence-corrected chi connectivity index (χ4v) is 4.96. The fourth-order valence-electron chi connectivity index (χ4n) is 4.11. The quantitative estimate of drug-likeness (QED) is 0.104. The zero-order valence-corrected chi connectivity index (χ0v) is 21.2. The van der Waals surface area contributed by atoms with Gasteiger partial charge in [-0.05, 0) is 54.4 Å². The topological polar surface area (TPSA) is 118 Å². The second-order valence-corrected chi connectivity index (χ2v) is 10.3. The Morgan fingerprint density at radius 2 is 1.58 bits per heavy atom. The SMILES string of the molecule is Cc1ccc(-c2ccc(Cl)cc2)c(-c2ccc(/N=N/c3cc(S(=O)(=O)O)c4ccccc4c3N)cn2)c1.[NaH]. The number of anilines is 1. The van der Waals surface area contributed by atoms with E-state index in [4.69, 9.17) is 17.3 Å². The summed E-state index contributed by atoms with van der Waals surface area (Å²) >= 11 is 6.06. The number of nitrogen functional groups attached to an aromatic ring is 1. The Morgan fingerprint density at radius 1 is 0.868 bits per heavy atom. The predicted molar refractivity (Wildman–Crippen MR) is 154 cm³/mol. The summed E-state index contributed by atoms with van der Waals surface area (Å²) in [6.07, 6.45) is 1.58. The van der Waals surface area contributed by atoms with E-state index in [2.05, 4.69) is 27.3 Å². The van der Waals surface area contributed by atoms with Gasteiger partial charge in [-0.3, -0.25) is 9.54 Å². The van der Waals surface area contributed by atoms with Crippen LogP contribution in [-0.4, -0.2) is 47.5 Å². The first-order chi connectivity index (χ1) is 17.7. The molecule has 5 rings (SSSR count). The van der Waals surface area contributed by atoms with Crippen molar-refractivity contribution in [1.29, 1.82) is 0 Å². The number of halogens is 1. The zero-order valence-electron chi connectivity index (χ0n) is 19.6. The molecule has 5 aromatic rings. The Bertz CT molecular complexity index is 1780. The first kappa shape index (κ1) is 27.9. The van der Waals surface area contributed by atoms with Gasteiger partial charge in [0.1, 0.15) is 16.3 Å². The number of aryl methyl sites for hydroxylation is 1. The van der Waals surface area contributed by atoms with Gasteiger partial charge in [-0.1, -0.05) is 65.7 Å². The second-order valence-electron chi connectivity index (χ2n) is 8.49. The number of azo groups is 1. The van der Waals surface area contributed by atoms with Crippen molar-refractivity contribution < 1.29 is 13.0 Å². The van der Waals surface area contributed by atoms with Crippen molar-refractivity contribution in [2.75, 3.05) is 5.73 Å². The standard InChI is InChI=1S/C28H21ClN4O3S.Na.H/c1-17-6-12-21(18-7-9-19(29)10-8-18)24(14-17)25-13-11-20(16-31-25)32-33-26-15-27(37(34,35)36)22-4-2-3-5-23(22)28(26)30;;/h2-16H,30H2,1H3,(H,34,35,36);;/b33-32+;;. The van der Waals surface area contributed by atoms with Crippen molar-refractivity contribution in [3.63, 3.8) is 0 Å². The Hall–Kier alpha value is -3.11. The summed E-state index contributed by atoms with van der Waals surface area (Å²) in [5, 5.41) is 9.79. The molecule has 0 fully saturated rings. The van der Waals surface area contributed by atoms with Gasteiger partial charge in [0.05, 0.1) is 17.6 Å². The molecule has 0 aliphatic carbocycles. The van der Waals surface area contributed by atoms with Gasteiger partial charge in [-0.15, -0.1) is 10.2 Å². The van der Waals surface area contributed by atoms with Crippen LogP contribution in [0.5, 0.6) is 0 Å². The molecule has 0 radical (unpaired) electrons. The van der Waals surface area contributed by atoms with Crippen LogP contribution < -0.4 is 5.73 Å². The molecule has 38 heavy (non-hydrogen) atoms. The van der Waals surface area contributed by atoms with Crippen LogP contribution in [0.2, 0.25) is 5.02 Å². The molecule has 3 N–H and O–H groups in total. The normalized spacial score (nSPS) is 11.6. The molecule has 0 saturated carbocycles. The maximum atomic E-state index is 12.0. The zero-order chi connectivity index (χ0) is 26.2. The maximum absolute atomic E-state index is 12.0. The summed E-state index contributed by atoms with van der Waals surface area (Å²) in [5.74, 6) is 0. The van der Waals surface area contributed by atoms with Gasteiger partial charge in [-0.2, -0.15) is 8.42 Å². The van der Waals surface area contributed by atoms with Crippen molar-refractivity contribution in [1.82, 2.24) is 4.98 Å². The van der Waals surface area contributed by atoms with Crippen molar-refractivity contribution in [3.8, 4) is 22.4 Å².